The Hall–Kier alpha value is -1.71. The third-order valence-electron chi connectivity index (χ3n) is 4.03. The van der Waals surface area contributed by atoms with Gasteiger partial charge in [0, 0.05) is 18.2 Å². The molecule has 0 aliphatic heterocycles. The van der Waals surface area contributed by atoms with Gasteiger partial charge < -0.3 is 15.4 Å². The Morgan fingerprint density at radius 1 is 1.25 bits per heavy atom. The number of hydrogen-bond acceptors (Lipinski definition) is 2. The Balaban J connectivity index is 1.92. The van der Waals surface area contributed by atoms with Crippen molar-refractivity contribution in [2.24, 2.45) is 0 Å². The van der Waals surface area contributed by atoms with E-state index in [1.54, 1.807) is 7.11 Å². The number of methoxy groups -OCH3 is 1. The molecule has 1 aliphatic rings. The molecule has 1 aliphatic carbocycles. The molecule has 2 rings (SSSR count). The molecule has 1 saturated carbocycles. The van der Waals surface area contributed by atoms with Crippen molar-refractivity contribution < 1.29 is 9.53 Å². The fourth-order valence-corrected chi connectivity index (χ4v) is 2.66. The number of amides is 2. The van der Waals surface area contributed by atoms with E-state index in [0.717, 1.165) is 24.2 Å². The lowest BCUT2D eigenvalue weighted by molar-refractivity contribution is 0.236. The van der Waals surface area contributed by atoms with Crippen LogP contribution in [-0.4, -0.2) is 19.2 Å². The third-order valence-corrected chi connectivity index (χ3v) is 4.03. The average molecular weight is 276 g/mol. The van der Waals surface area contributed by atoms with Crippen molar-refractivity contribution in [2.45, 2.75) is 52.1 Å². The fraction of sp³-hybridized carbons (Fsp3) is 0.562. The number of benzene rings is 1. The van der Waals surface area contributed by atoms with Crippen LogP contribution >= 0.6 is 0 Å². The molecule has 0 radical (unpaired) electrons. The molecule has 0 unspecified atom stereocenters. The van der Waals surface area contributed by atoms with Crippen LogP contribution in [0, 0.1) is 13.8 Å². The number of rotatable bonds is 4. The maximum absolute atomic E-state index is 11.9. The fourth-order valence-electron chi connectivity index (χ4n) is 2.66. The van der Waals surface area contributed by atoms with Gasteiger partial charge in [-0.15, -0.1) is 0 Å². The van der Waals surface area contributed by atoms with Gasteiger partial charge in [-0.25, -0.2) is 4.79 Å². The molecule has 0 heterocycles. The standard InChI is InChI=1S/C16H24N2O2/c1-11-8-13(15(20-3)9-12(11)2)10-17-16(19)18-14-6-4-5-7-14/h8-9,14H,4-7,10H2,1-3H3,(H2,17,18,19). The van der Waals surface area contributed by atoms with Gasteiger partial charge in [-0.3, -0.25) is 0 Å². The van der Waals surface area contributed by atoms with E-state index in [2.05, 4.69) is 30.5 Å². The summed E-state index contributed by atoms with van der Waals surface area (Å²) in [6, 6.07) is 4.35. The van der Waals surface area contributed by atoms with Gasteiger partial charge in [0.25, 0.3) is 0 Å². The first-order valence-electron chi connectivity index (χ1n) is 7.28. The van der Waals surface area contributed by atoms with Crippen LogP contribution in [0.4, 0.5) is 4.79 Å². The Kier molecular flexibility index (Phi) is 4.88. The van der Waals surface area contributed by atoms with Crippen molar-refractivity contribution in [3.63, 3.8) is 0 Å². The highest BCUT2D eigenvalue weighted by atomic mass is 16.5. The summed E-state index contributed by atoms with van der Waals surface area (Å²) in [5.74, 6) is 0.828. The highest BCUT2D eigenvalue weighted by molar-refractivity contribution is 5.74. The number of carbonyl (C=O) groups is 1. The molecule has 0 saturated heterocycles. The molecular formula is C16H24N2O2. The van der Waals surface area contributed by atoms with Crippen LogP contribution < -0.4 is 15.4 Å². The molecule has 0 aromatic heterocycles. The van der Waals surface area contributed by atoms with Gasteiger partial charge in [0.1, 0.15) is 5.75 Å². The lowest BCUT2D eigenvalue weighted by Gasteiger charge is -2.15. The highest BCUT2D eigenvalue weighted by Gasteiger charge is 2.17. The van der Waals surface area contributed by atoms with Crippen molar-refractivity contribution in [3.8, 4) is 5.75 Å². The highest BCUT2D eigenvalue weighted by Crippen LogP contribution is 2.23. The minimum Gasteiger partial charge on any atom is -0.496 e. The summed E-state index contributed by atoms with van der Waals surface area (Å²) < 4.78 is 5.38. The molecular weight excluding hydrogens is 252 g/mol. The van der Waals surface area contributed by atoms with Gasteiger partial charge in [-0.05, 0) is 43.9 Å². The van der Waals surface area contributed by atoms with Gasteiger partial charge in [0.15, 0.2) is 0 Å². The topological polar surface area (TPSA) is 50.4 Å². The molecule has 4 heteroatoms. The van der Waals surface area contributed by atoms with Crippen LogP contribution in [0.1, 0.15) is 42.4 Å². The smallest absolute Gasteiger partial charge is 0.315 e. The van der Waals surface area contributed by atoms with E-state index in [9.17, 15) is 4.79 Å². The minimum atomic E-state index is -0.0859. The van der Waals surface area contributed by atoms with Gasteiger partial charge >= 0.3 is 6.03 Å². The van der Waals surface area contributed by atoms with E-state index in [-0.39, 0.29) is 6.03 Å². The zero-order chi connectivity index (χ0) is 14.5. The van der Waals surface area contributed by atoms with Gasteiger partial charge in [0.2, 0.25) is 0 Å². The normalized spacial score (nSPS) is 15.2. The summed E-state index contributed by atoms with van der Waals surface area (Å²) in [6.45, 7) is 4.61. The molecule has 110 valence electrons. The zero-order valence-corrected chi connectivity index (χ0v) is 12.6. The van der Waals surface area contributed by atoms with Gasteiger partial charge in [0.05, 0.1) is 7.11 Å². The van der Waals surface area contributed by atoms with Crippen LogP contribution in [0.5, 0.6) is 5.75 Å². The summed E-state index contributed by atoms with van der Waals surface area (Å²) >= 11 is 0. The molecule has 0 atom stereocenters. The van der Waals surface area contributed by atoms with Crippen molar-refractivity contribution in [2.75, 3.05) is 7.11 Å². The molecule has 0 spiro atoms. The van der Waals surface area contributed by atoms with Crippen LogP contribution in [0.25, 0.3) is 0 Å². The van der Waals surface area contributed by atoms with Gasteiger partial charge in [-0.2, -0.15) is 0 Å². The van der Waals surface area contributed by atoms with E-state index in [1.165, 1.54) is 24.0 Å². The second-order valence-electron chi connectivity index (χ2n) is 5.56. The first kappa shape index (κ1) is 14.7. The SMILES string of the molecule is COc1cc(C)c(C)cc1CNC(=O)NC1CCCC1. The first-order valence-corrected chi connectivity index (χ1v) is 7.28. The van der Waals surface area contributed by atoms with Gasteiger partial charge in [-0.1, -0.05) is 18.9 Å². The maximum Gasteiger partial charge on any atom is 0.315 e. The molecule has 1 aromatic carbocycles. The van der Waals surface area contributed by atoms with E-state index >= 15 is 0 Å². The molecule has 1 fully saturated rings. The first-order chi connectivity index (χ1) is 9.60. The quantitative estimate of drug-likeness (QED) is 0.888. The van der Waals surface area contributed by atoms with Crippen LogP contribution in [0.15, 0.2) is 12.1 Å². The summed E-state index contributed by atoms with van der Waals surface area (Å²) in [5, 5.41) is 5.94. The Morgan fingerprint density at radius 3 is 2.55 bits per heavy atom. The lowest BCUT2D eigenvalue weighted by Crippen LogP contribution is -2.40. The van der Waals surface area contributed by atoms with E-state index in [0.29, 0.717) is 12.6 Å². The summed E-state index contributed by atoms with van der Waals surface area (Å²) in [4.78, 5) is 11.9. The van der Waals surface area contributed by atoms with Crippen molar-refractivity contribution in [3.05, 3.63) is 28.8 Å². The maximum atomic E-state index is 11.9. The Bertz CT molecular complexity index is 480. The number of nitrogens with one attached hydrogen (secondary N) is 2. The lowest BCUT2D eigenvalue weighted by atomic mass is 10.1. The van der Waals surface area contributed by atoms with Crippen molar-refractivity contribution in [1.82, 2.24) is 10.6 Å². The third kappa shape index (κ3) is 3.65. The summed E-state index contributed by atoms with van der Waals surface area (Å²) in [5.41, 5.74) is 3.41. The zero-order valence-electron chi connectivity index (χ0n) is 12.6. The largest absolute Gasteiger partial charge is 0.496 e. The monoisotopic (exact) mass is 276 g/mol. The minimum absolute atomic E-state index is 0.0859. The molecule has 1 aromatic rings. The number of hydrogen-bond donors (Lipinski definition) is 2. The van der Waals surface area contributed by atoms with Crippen LogP contribution in [0.3, 0.4) is 0 Å². The summed E-state index contributed by atoms with van der Waals surface area (Å²) in [7, 11) is 1.66. The van der Waals surface area contributed by atoms with E-state index in [1.807, 2.05) is 6.07 Å². The number of carbonyl (C=O) groups excluding carboxylic acids is 1. The second kappa shape index (κ2) is 6.64. The van der Waals surface area contributed by atoms with Crippen molar-refractivity contribution >= 4 is 6.03 Å². The molecule has 2 N–H and O–H groups in total. The average Bonchev–Trinajstić information content (AvgIpc) is 2.92. The molecule has 20 heavy (non-hydrogen) atoms. The Morgan fingerprint density at radius 2 is 1.90 bits per heavy atom. The molecule has 0 bridgehead atoms. The van der Waals surface area contributed by atoms with Crippen molar-refractivity contribution in [1.29, 1.82) is 0 Å². The number of ether oxygens (including phenoxy) is 1. The summed E-state index contributed by atoms with van der Waals surface area (Å²) in [6.07, 6.45) is 4.63. The number of urea groups is 1. The number of aryl methyl sites for hydroxylation is 2. The van der Waals surface area contributed by atoms with Crippen LogP contribution in [-0.2, 0) is 6.54 Å². The second-order valence-corrected chi connectivity index (χ2v) is 5.56. The Labute approximate surface area is 120 Å². The van der Waals surface area contributed by atoms with Crippen LogP contribution in [0.2, 0.25) is 0 Å². The predicted octanol–water partition coefficient (Wildman–Crippen LogP) is 3.05. The van der Waals surface area contributed by atoms with E-state index < -0.39 is 0 Å². The molecule has 4 nitrogen and oxygen atoms in total. The molecule has 2 amide bonds. The van der Waals surface area contributed by atoms with E-state index in [4.69, 9.17) is 4.74 Å². The predicted molar refractivity (Wildman–Crippen MR) is 80.1 cm³/mol.